The van der Waals surface area contributed by atoms with E-state index in [1.54, 1.807) is 18.2 Å². The minimum absolute atomic E-state index is 0.269. The normalized spacial score (nSPS) is 10.6. The van der Waals surface area contributed by atoms with Crippen molar-refractivity contribution < 1.29 is 14.4 Å². The fraction of sp³-hybridized carbons (Fsp3) is 0.200. The number of nitrogens with zero attached hydrogens (tertiary/aromatic N) is 1. The molecule has 0 atom stereocenters. The molecule has 3 aromatic rings. The number of carbonyl (C=O) groups excluding carboxylic acids is 3. The summed E-state index contributed by atoms with van der Waals surface area (Å²) in [6.07, 6.45) is 0. The Morgan fingerprint density at radius 2 is 1.83 bits per heavy atom. The lowest BCUT2D eigenvalue weighted by atomic mass is 10.1. The van der Waals surface area contributed by atoms with Crippen LogP contribution in [0.4, 0.5) is 5.69 Å². The summed E-state index contributed by atoms with van der Waals surface area (Å²) in [7, 11) is 0. The van der Waals surface area contributed by atoms with Crippen LogP contribution in [0.5, 0.6) is 0 Å². The summed E-state index contributed by atoms with van der Waals surface area (Å²) in [6.45, 7) is 5.36. The average molecular weight is 411 g/mol. The molecule has 0 aliphatic rings. The number of anilines is 1. The molecule has 8 nitrogen and oxygen atoms in total. The van der Waals surface area contributed by atoms with Gasteiger partial charge in [-0.2, -0.15) is 0 Å². The first-order valence-corrected chi connectivity index (χ1v) is 9.68. The molecule has 0 spiro atoms. The van der Waals surface area contributed by atoms with Crippen molar-refractivity contribution >= 4 is 45.0 Å². The molecule has 0 unspecified atom stereocenters. The predicted octanol–water partition coefficient (Wildman–Crippen LogP) is 1.99. The van der Waals surface area contributed by atoms with Crippen LogP contribution < -0.4 is 21.9 Å². The number of aryl methyl sites for hydroxylation is 3. The maximum Gasteiger partial charge on any atom is 0.281 e. The van der Waals surface area contributed by atoms with Crippen molar-refractivity contribution in [3.8, 4) is 0 Å². The van der Waals surface area contributed by atoms with E-state index in [0.717, 1.165) is 33.5 Å². The second-order valence-corrected chi connectivity index (χ2v) is 7.66. The Labute approximate surface area is 171 Å². The molecule has 0 aliphatic heterocycles. The first-order chi connectivity index (χ1) is 13.8. The second kappa shape index (κ2) is 8.27. The van der Waals surface area contributed by atoms with Gasteiger partial charge in [-0.25, -0.2) is 4.98 Å². The van der Waals surface area contributed by atoms with Crippen LogP contribution in [0.15, 0.2) is 30.3 Å². The highest BCUT2D eigenvalue weighted by molar-refractivity contribution is 7.21. The maximum atomic E-state index is 12.4. The summed E-state index contributed by atoms with van der Waals surface area (Å²) in [5, 5.41) is 3.24. The van der Waals surface area contributed by atoms with E-state index in [1.807, 2.05) is 32.9 Å². The third-order valence-corrected chi connectivity index (χ3v) is 5.33. The average Bonchev–Trinajstić information content (AvgIpc) is 3.00. The monoisotopic (exact) mass is 411 g/mol. The number of hydrogen-bond donors (Lipinski definition) is 4. The van der Waals surface area contributed by atoms with Crippen molar-refractivity contribution in [2.45, 2.75) is 20.8 Å². The highest BCUT2D eigenvalue weighted by atomic mass is 32.1. The Balaban J connectivity index is 1.58. The summed E-state index contributed by atoms with van der Waals surface area (Å²) in [5.41, 5.74) is 14.2. The van der Waals surface area contributed by atoms with Gasteiger partial charge in [0, 0.05) is 16.6 Å². The van der Waals surface area contributed by atoms with Crippen LogP contribution in [0.1, 0.15) is 36.9 Å². The maximum absolute atomic E-state index is 12.4. The quantitative estimate of drug-likeness (QED) is 0.489. The molecule has 29 heavy (non-hydrogen) atoms. The van der Waals surface area contributed by atoms with Gasteiger partial charge in [-0.3, -0.25) is 25.2 Å². The van der Waals surface area contributed by atoms with E-state index >= 15 is 0 Å². The number of rotatable bonds is 4. The van der Waals surface area contributed by atoms with E-state index < -0.39 is 11.8 Å². The summed E-state index contributed by atoms with van der Waals surface area (Å²) < 4.78 is 0. The second-order valence-electron chi connectivity index (χ2n) is 6.66. The van der Waals surface area contributed by atoms with Crippen molar-refractivity contribution in [3.05, 3.63) is 57.6 Å². The molecule has 2 aromatic heterocycles. The summed E-state index contributed by atoms with van der Waals surface area (Å²) >= 11 is 1.16. The number of hydrogen-bond acceptors (Lipinski definition) is 6. The lowest BCUT2D eigenvalue weighted by Crippen LogP contribution is -2.46. The van der Waals surface area contributed by atoms with Crippen molar-refractivity contribution in [2.24, 2.45) is 0 Å². The van der Waals surface area contributed by atoms with Crippen LogP contribution in [0.25, 0.3) is 10.2 Å². The zero-order valence-electron chi connectivity index (χ0n) is 16.3. The zero-order valence-corrected chi connectivity index (χ0v) is 17.1. The SMILES string of the molecule is Cc1cccc(C(=O)NCC(=O)NNC(=O)c2sc3nc(C)cc(C)c3c2N)c1. The fourth-order valence-electron chi connectivity index (χ4n) is 2.91. The molecule has 0 saturated carbocycles. The summed E-state index contributed by atoms with van der Waals surface area (Å²) in [6, 6.07) is 8.90. The molecule has 0 aliphatic carbocycles. The highest BCUT2D eigenvalue weighted by Gasteiger charge is 2.19. The standard InChI is InChI=1S/C20H21N5O3S/c1-10-5-4-6-13(7-10)18(27)22-9-14(26)24-25-19(28)17-16(21)15-11(2)8-12(3)23-20(15)29-17/h4-8H,9,21H2,1-3H3,(H,22,27)(H,24,26)(H,25,28). The number of thiophene rings is 1. The molecule has 0 bridgehead atoms. The number of pyridine rings is 1. The van der Waals surface area contributed by atoms with Crippen LogP contribution in [0.3, 0.4) is 0 Å². The lowest BCUT2D eigenvalue weighted by Gasteiger charge is -2.08. The van der Waals surface area contributed by atoms with Crippen molar-refractivity contribution in [1.29, 1.82) is 0 Å². The highest BCUT2D eigenvalue weighted by Crippen LogP contribution is 2.34. The number of carbonyl (C=O) groups is 3. The van der Waals surface area contributed by atoms with Crippen LogP contribution in [0, 0.1) is 20.8 Å². The Morgan fingerprint density at radius 1 is 1.07 bits per heavy atom. The van der Waals surface area contributed by atoms with Gasteiger partial charge in [0.2, 0.25) is 0 Å². The van der Waals surface area contributed by atoms with Gasteiger partial charge in [-0.1, -0.05) is 17.7 Å². The van der Waals surface area contributed by atoms with Gasteiger partial charge in [-0.15, -0.1) is 11.3 Å². The number of aromatic nitrogens is 1. The minimum atomic E-state index is -0.566. The molecule has 0 saturated heterocycles. The Morgan fingerprint density at radius 3 is 2.55 bits per heavy atom. The summed E-state index contributed by atoms with van der Waals surface area (Å²) in [4.78, 5) is 41.8. The first-order valence-electron chi connectivity index (χ1n) is 8.86. The number of hydrazine groups is 1. The third kappa shape index (κ3) is 4.52. The predicted molar refractivity (Wildman–Crippen MR) is 113 cm³/mol. The van der Waals surface area contributed by atoms with E-state index in [2.05, 4.69) is 21.2 Å². The molecule has 3 amide bonds. The third-order valence-electron chi connectivity index (χ3n) is 4.24. The molecule has 3 rings (SSSR count). The summed E-state index contributed by atoms with van der Waals surface area (Å²) in [5.74, 6) is -1.48. The van der Waals surface area contributed by atoms with Crippen LogP contribution in [-0.2, 0) is 4.79 Å². The number of nitrogen functional groups attached to an aromatic ring is 1. The van der Waals surface area contributed by atoms with Crippen molar-refractivity contribution in [3.63, 3.8) is 0 Å². The van der Waals surface area contributed by atoms with E-state index in [-0.39, 0.29) is 17.3 Å². The fourth-order valence-corrected chi connectivity index (χ4v) is 4.03. The zero-order chi connectivity index (χ0) is 21.1. The smallest absolute Gasteiger partial charge is 0.281 e. The molecule has 9 heteroatoms. The van der Waals surface area contributed by atoms with Gasteiger partial charge in [-0.05, 0) is 44.5 Å². The van der Waals surface area contributed by atoms with Crippen molar-refractivity contribution in [2.75, 3.05) is 12.3 Å². The lowest BCUT2D eigenvalue weighted by molar-refractivity contribution is -0.120. The molecule has 5 N–H and O–H groups in total. The van der Waals surface area contributed by atoms with E-state index in [9.17, 15) is 14.4 Å². The van der Waals surface area contributed by atoms with Crippen LogP contribution in [0.2, 0.25) is 0 Å². The van der Waals surface area contributed by atoms with Gasteiger partial charge in [0.25, 0.3) is 17.7 Å². The van der Waals surface area contributed by atoms with Crippen molar-refractivity contribution in [1.82, 2.24) is 21.2 Å². The topological polar surface area (TPSA) is 126 Å². The number of nitrogens with one attached hydrogen (secondary N) is 3. The number of benzene rings is 1. The Hall–Kier alpha value is -3.46. The van der Waals surface area contributed by atoms with Crippen LogP contribution in [-0.4, -0.2) is 29.3 Å². The van der Waals surface area contributed by atoms with Gasteiger partial charge in [0.1, 0.15) is 9.71 Å². The Kier molecular flexibility index (Phi) is 5.79. The largest absolute Gasteiger partial charge is 0.397 e. The molecule has 0 radical (unpaired) electrons. The number of fused-ring (bicyclic) bond motifs is 1. The first kappa shape index (κ1) is 20.3. The van der Waals surface area contributed by atoms with E-state index in [1.165, 1.54) is 0 Å². The molecule has 2 heterocycles. The number of nitrogens with two attached hydrogens (primary N) is 1. The van der Waals surface area contributed by atoms with E-state index in [0.29, 0.717) is 16.1 Å². The Bertz CT molecular complexity index is 1120. The minimum Gasteiger partial charge on any atom is -0.397 e. The molecular formula is C20H21N5O3S. The van der Waals surface area contributed by atoms with Gasteiger partial charge in [0.05, 0.1) is 12.2 Å². The number of amides is 3. The van der Waals surface area contributed by atoms with Gasteiger partial charge >= 0.3 is 0 Å². The van der Waals surface area contributed by atoms with E-state index in [4.69, 9.17) is 5.73 Å². The molecular weight excluding hydrogens is 390 g/mol. The van der Waals surface area contributed by atoms with Crippen LogP contribution >= 0.6 is 11.3 Å². The van der Waals surface area contributed by atoms with Gasteiger partial charge < -0.3 is 11.1 Å². The van der Waals surface area contributed by atoms with Gasteiger partial charge in [0.15, 0.2) is 0 Å². The molecule has 0 fully saturated rings. The molecule has 150 valence electrons. The molecule has 1 aromatic carbocycles.